The van der Waals surface area contributed by atoms with Gasteiger partial charge in [-0.15, -0.1) is 0 Å². The van der Waals surface area contributed by atoms with Crippen molar-refractivity contribution in [1.82, 2.24) is 0 Å². The van der Waals surface area contributed by atoms with Crippen LogP contribution in [0.3, 0.4) is 0 Å². The topological polar surface area (TPSA) is 21.3 Å². The van der Waals surface area contributed by atoms with Crippen molar-refractivity contribution in [2.45, 2.75) is 18.9 Å². The van der Waals surface area contributed by atoms with Crippen LogP contribution in [0.5, 0.6) is 5.75 Å². The molecular weight excluding hydrogens is 253 g/mol. The van der Waals surface area contributed by atoms with Crippen molar-refractivity contribution >= 4 is 5.69 Å². The van der Waals surface area contributed by atoms with Gasteiger partial charge in [-0.2, -0.15) is 0 Å². The Morgan fingerprint density at radius 3 is 2.25 bits per heavy atom. The first-order chi connectivity index (χ1) is 9.76. The highest BCUT2D eigenvalue weighted by molar-refractivity contribution is 5.46. The van der Waals surface area contributed by atoms with Gasteiger partial charge in [-0.25, -0.2) is 4.39 Å². The summed E-state index contributed by atoms with van der Waals surface area (Å²) < 4.78 is 18.2. The molecule has 0 radical (unpaired) electrons. The average Bonchev–Trinajstić information content (AvgIpc) is 3.31. The zero-order valence-corrected chi connectivity index (χ0v) is 11.5. The summed E-state index contributed by atoms with van der Waals surface area (Å²) in [6, 6.07) is 15.0. The third kappa shape index (κ3) is 2.93. The Labute approximate surface area is 118 Å². The molecule has 0 bridgehead atoms. The molecule has 2 aromatic rings. The van der Waals surface area contributed by atoms with Crippen LogP contribution < -0.4 is 10.1 Å². The molecule has 1 fully saturated rings. The van der Waals surface area contributed by atoms with Gasteiger partial charge in [0.25, 0.3) is 0 Å². The zero-order chi connectivity index (χ0) is 13.9. The van der Waals surface area contributed by atoms with E-state index in [1.807, 2.05) is 12.1 Å². The van der Waals surface area contributed by atoms with Crippen molar-refractivity contribution in [2.75, 3.05) is 12.4 Å². The summed E-state index contributed by atoms with van der Waals surface area (Å²) in [6.45, 7) is 0. The molecule has 1 aliphatic carbocycles. The Balaban J connectivity index is 1.79. The van der Waals surface area contributed by atoms with Crippen LogP contribution in [0.2, 0.25) is 0 Å². The summed E-state index contributed by atoms with van der Waals surface area (Å²) >= 11 is 0. The zero-order valence-electron chi connectivity index (χ0n) is 11.5. The maximum absolute atomic E-state index is 13.0. The van der Waals surface area contributed by atoms with Crippen molar-refractivity contribution in [3.8, 4) is 5.75 Å². The molecule has 1 atom stereocenters. The van der Waals surface area contributed by atoms with E-state index in [9.17, 15) is 4.39 Å². The lowest BCUT2D eigenvalue weighted by Gasteiger charge is -2.20. The van der Waals surface area contributed by atoms with Gasteiger partial charge < -0.3 is 10.1 Å². The van der Waals surface area contributed by atoms with Gasteiger partial charge in [0.05, 0.1) is 13.2 Å². The minimum atomic E-state index is -0.206. The lowest BCUT2D eigenvalue weighted by Crippen LogP contribution is -2.12. The number of hydrogen-bond acceptors (Lipinski definition) is 2. The van der Waals surface area contributed by atoms with E-state index in [-0.39, 0.29) is 11.9 Å². The van der Waals surface area contributed by atoms with E-state index < -0.39 is 0 Å². The fourth-order valence-electron chi connectivity index (χ4n) is 2.44. The van der Waals surface area contributed by atoms with Crippen LogP contribution >= 0.6 is 0 Å². The minimum absolute atomic E-state index is 0.206. The normalized spacial score (nSPS) is 15.7. The van der Waals surface area contributed by atoms with Crippen molar-refractivity contribution in [1.29, 1.82) is 0 Å². The largest absolute Gasteiger partial charge is 0.497 e. The maximum atomic E-state index is 13.0. The van der Waals surface area contributed by atoms with E-state index >= 15 is 0 Å². The number of hydrogen-bond donors (Lipinski definition) is 1. The van der Waals surface area contributed by atoms with Gasteiger partial charge in [-0.3, -0.25) is 0 Å². The molecule has 1 saturated carbocycles. The Morgan fingerprint density at radius 2 is 1.70 bits per heavy atom. The Bertz CT molecular complexity index is 561. The highest BCUT2D eigenvalue weighted by Gasteiger charge is 2.32. The molecule has 1 unspecified atom stereocenters. The molecule has 1 N–H and O–H groups in total. The molecule has 0 aliphatic heterocycles. The van der Waals surface area contributed by atoms with E-state index in [2.05, 4.69) is 17.4 Å². The number of halogens is 1. The predicted molar refractivity (Wildman–Crippen MR) is 78.5 cm³/mol. The van der Waals surface area contributed by atoms with Gasteiger partial charge in [0, 0.05) is 5.69 Å². The molecular formula is C17H18FNO. The third-order valence-electron chi connectivity index (χ3n) is 3.73. The minimum Gasteiger partial charge on any atom is -0.497 e. The SMILES string of the molecule is COc1ccc(C(Nc2ccc(F)cc2)C2CC2)cc1. The quantitative estimate of drug-likeness (QED) is 0.870. The first kappa shape index (κ1) is 13.0. The van der Waals surface area contributed by atoms with Crippen molar-refractivity contribution < 1.29 is 9.13 Å². The molecule has 3 heteroatoms. The van der Waals surface area contributed by atoms with Gasteiger partial charge in [-0.05, 0) is 60.7 Å². The first-order valence-electron chi connectivity index (χ1n) is 6.92. The lowest BCUT2D eigenvalue weighted by atomic mass is 10.0. The Morgan fingerprint density at radius 1 is 1.05 bits per heavy atom. The van der Waals surface area contributed by atoms with Crippen LogP contribution in [0.4, 0.5) is 10.1 Å². The summed E-state index contributed by atoms with van der Waals surface area (Å²) in [6.07, 6.45) is 2.48. The number of benzene rings is 2. The average molecular weight is 271 g/mol. The van der Waals surface area contributed by atoms with Gasteiger partial charge in [0.15, 0.2) is 0 Å². The molecule has 0 spiro atoms. The molecule has 0 heterocycles. The van der Waals surface area contributed by atoms with Gasteiger partial charge in [-0.1, -0.05) is 12.1 Å². The van der Waals surface area contributed by atoms with Gasteiger partial charge in [0.1, 0.15) is 11.6 Å². The molecule has 104 valence electrons. The van der Waals surface area contributed by atoms with E-state index in [4.69, 9.17) is 4.74 Å². The van der Waals surface area contributed by atoms with Crippen LogP contribution in [0, 0.1) is 11.7 Å². The lowest BCUT2D eigenvalue weighted by molar-refractivity contribution is 0.414. The van der Waals surface area contributed by atoms with E-state index in [0.29, 0.717) is 5.92 Å². The van der Waals surface area contributed by atoms with E-state index in [1.54, 1.807) is 19.2 Å². The second-order valence-corrected chi connectivity index (χ2v) is 5.24. The molecule has 20 heavy (non-hydrogen) atoms. The smallest absolute Gasteiger partial charge is 0.123 e. The second kappa shape index (κ2) is 5.53. The molecule has 2 nitrogen and oxygen atoms in total. The highest BCUT2D eigenvalue weighted by atomic mass is 19.1. The number of rotatable bonds is 5. The summed E-state index contributed by atoms with van der Waals surface area (Å²) in [4.78, 5) is 0. The predicted octanol–water partition coefficient (Wildman–Crippen LogP) is 4.40. The molecule has 0 amide bonds. The van der Waals surface area contributed by atoms with Crippen molar-refractivity contribution in [2.24, 2.45) is 5.92 Å². The van der Waals surface area contributed by atoms with Crippen LogP contribution in [0.15, 0.2) is 48.5 Å². The van der Waals surface area contributed by atoms with Crippen LogP contribution in [-0.2, 0) is 0 Å². The van der Waals surface area contributed by atoms with Crippen molar-refractivity contribution in [3.05, 3.63) is 59.9 Å². The Hall–Kier alpha value is -2.03. The standard InChI is InChI=1S/C17H18FNO/c1-20-16-10-4-13(5-11-16)17(12-2-3-12)19-15-8-6-14(18)7-9-15/h4-12,17,19H,2-3H2,1H3. The molecule has 0 saturated heterocycles. The van der Waals surface area contributed by atoms with Gasteiger partial charge in [0.2, 0.25) is 0 Å². The fourth-order valence-corrected chi connectivity index (χ4v) is 2.44. The van der Waals surface area contributed by atoms with E-state index in [0.717, 1.165) is 11.4 Å². The number of ether oxygens (including phenoxy) is 1. The van der Waals surface area contributed by atoms with Crippen LogP contribution in [0.25, 0.3) is 0 Å². The number of nitrogens with one attached hydrogen (secondary N) is 1. The third-order valence-corrected chi connectivity index (χ3v) is 3.73. The fraction of sp³-hybridized carbons (Fsp3) is 0.294. The monoisotopic (exact) mass is 271 g/mol. The molecule has 3 rings (SSSR count). The van der Waals surface area contributed by atoms with Gasteiger partial charge >= 0.3 is 0 Å². The van der Waals surface area contributed by atoms with Crippen LogP contribution in [0.1, 0.15) is 24.4 Å². The van der Waals surface area contributed by atoms with Crippen LogP contribution in [-0.4, -0.2) is 7.11 Å². The summed E-state index contributed by atoms with van der Waals surface area (Å²) in [7, 11) is 1.67. The second-order valence-electron chi connectivity index (χ2n) is 5.24. The molecule has 0 aromatic heterocycles. The Kier molecular flexibility index (Phi) is 3.59. The highest BCUT2D eigenvalue weighted by Crippen LogP contribution is 2.43. The number of anilines is 1. The first-order valence-corrected chi connectivity index (χ1v) is 6.92. The number of methoxy groups -OCH3 is 1. The maximum Gasteiger partial charge on any atom is 0.123 e. The summed E-state index contributed by atoms with van der Waals surface area (Å²) in [5, 5.41) is 3.51. The molecule has 1 aliphatic rings. The van der Waals surface area contributed by atoms with E-state index in [1.165, 1.54) is 30.5 Å². The summed E-state index contributed by atoms with van der Waals surface area (Å²) in [5.74, 6) is 1.32. The van der Waals surface area contributed by atoms with Crippen molar-refractivity contribution in [3.63, 3.8) is 0 Å². The molecule has 2 aromatic carbocycles. The summed E-state index contributed by atoms with van der Waals surface area (Å²) in [5.41, 5.74) is 2.21.